The van der Waals surface area contributed by atoms with Crippen LogP contribution in [-0.2, 0) is 9.59 Å². The van der Waals surface area contributed by atoms with E-state index >= 15 is 0 Å². The van der Waals surface area contributed by atoms with Crippen molar-refractivity contribution in [2.45, 2.75) is 25.3 Å². The molecule has 2 fully saturated rings. The monoisotopic (exact) mass is 315 g/mol. The van der Waals surface area contributed by atoms with Crippen LogP contribution in [0.25, 0.3) is 0 Å². The lowest BCUT2D eigenvalue weighted by atomic mass is 10.1. The van der Waals surface area contributed by atoms with E-state index in [-0.39, 0.29) is 30.2 Å². The second kappa shape index (κ2) is 6.81. The van der Waals surface area contributed by atoms with Crippen molar-refractivity contribution >= 4 is 17.7 Å². The molecule has 0 spiro atoms. The van der Waals surface area contributed by atoms with Gasteiger partial charge in [0.05, 0.1) is 6.54 Å². The highest BCUT2D eigenvalue weighted by Gasteiger charge is 2.39. The first kappa shape index (κ1) is 15.5. The lowest BCUT2D eigenvalue weighted by Gasteiger charge is -2.15. The minimum absolute atomic E-state index is 0.0548. The van der Waals surface area contributed by atoms with Crippen LogP contribution < -0.4 is 10.6 Å². The zero-order valence-corrected chi connectivity index (χ0v) is 13.0. The number of hydrogen-bond acceptors (Lipinski definition) is 3. The number of nitrogens with zero attached hydrogens (tertiary/aromatic N) is 1. The van der Waals surface area contributed by atoms with E-state index in [1.165, 1.54) is 0 Å². The second-order valence-electron chi connectivity index (χ2n) is 6.20. The fourth-order valence-electron chi connectivity index (χ4n) is 2.86. The van der Waals surface area contributed by atoms with Crippen molar-refractivity contribution in [2.75, 3.05) is 19.6 Å². The number of amides is 3. The SMILES string of the molecule is O=C(CNC(=O)c1ccccc1)NCC1CC(=O)N(C2CC2)C1. The summed E-state index contributed by atoms with van der Waals surface area (Å²) in [6.07, 6.45) is 2.72. The lowest BCUT2D eigenvalue weighted by molar-refractivity contribution is -0.128. The standard InChI is InChI=1S/C17H21N3O3/c21-15(10-19-17(23)13-4-2-1-3-5-13)18-9-12-8-16(22)20(11-12)14-6-7-14/h1-5,12,14H,6-11H2,(H,18,21)(H,19,23). The van der Waals surface area contributed by atoms with Crippen molar-refractivity contribution in [3.8, 4) is 0 Å². The van der Waals surface area contributed by atoms with Gasteiger partial charge in [0, 0.05) is 37.0 Å². The van der Waals surface area contributed by atoms with Gasteiger partial charge in [-0.1, -0.05) is 18.2 Å². The molecular weight excluding hydrogens is 294 g/mol. The summed E-state index contributed by atoms with van der Waals surface area (Å²) < 4.78 is 0. The number of nitrogens with one attached hydrogen (secondary N) is 2. The molecule has 23 heavy (non-hydrogen) atoms. The van der Waals surface area contributed by atoms with Gasteiger partial charge < -0.3 is 15.5 Å². The molecule has 3 rings (SSSR count). The maximum absolute atomic E-state index is 11.8. The van der Waals surface area contributed by atoms with Crippen molar-refractivity contribution in [1.29, 1.82) is 0 Å². The molecule has 1 unspecified atom stereocenters. The maximum atomic E-state index is 11.8. The van der Waals surface area contributed by atoms with Gasteiger partial charge in [-0.2, -0.15) is 0 Å². The molecule has 122 valence electrons. The van der Waals surface area contributed by atoms with Gasteiger partial charge in [-0.05, 0) is 25.0 Å². The van der Waals surface area contributed by atoms with Gasteiger partial charge in [-0.15, -0.1) is 0 Å². The number of hydrogen-bond donors (Lipinski definition) is 2. The Morgan fingerprint density at radius 2 is 1.87 bits per heavy atom. The molecule has 1 saturated heterocycles. The molecular formula is C17H21N3O3. The van der Waals surface area contributed by atoms with Gasteiger partial charge in [-0.3, -0.25) is 14.4 Å². The quantitative estimate of drug-likeness (QED) is 0.804. The Balaban J connectivity index is 1.37. The zero-order valence-electron chi connectivity index (χ0n) is 13.0. The van der Waals surface area contributed by atoms with E-state index in [1.54, 1.807) is 24.3 Å². The van der Waals surface area contributed by atoms with E-state index < -0.39 is 0 Å². The van der Waals surface area contributed by atoms with E-state index in [0.29, 0.717) is 24.6 Å². The van der Waals surface area contributed by atoms with Crippen LogP contribution in [-0.4, -0.2) is 48.3 Å². The van der Waals surface area contributed by atoms with E-state index in [0.717, 1.165) is 19.4 Å². The first-order chi connectivity index (χ1) is 11.1. The molecule has 0 aromatic heterocycles. The number of carbonyl (C=O) groups is 3. The predicted octanol–water partition coefficient (Wildman–Crippen LogP) is 0.543. The summed E-state index contributed by atoms with van der Waals surface area (Å²) in [7, 11) is 0. The fraction of sp³-hybridized carbons (Fsp3) is 0.471. The molecule has 1 aliphatic heterocycles. The van der Waals surface area contributed by atoms with E-state index in [2.05, 4.69) is 10.6 Å². The summed E-state index contributed by atoms with van der Waals surface area (Å²) in [5.41, 5.74) is 0.529. The van der Waals surface area contributed by atoms with Gasteiger partial charge in [0.25, 0.3) is 5.91 Å². The summed E-state index contributed by atoms with van der Waals surface area (Å²) >= 11 is 0. The molecule has 2 N–H and O–H groups in total. The van der Waals surface area contributed by atoms with Crippen molar-refractivity contribution in [1.82, 2.24) is 15.5 Å². The molecule has 6 heteroatoms. The van der Waals surface area contributed by atoms with Crippen LogP contribution in [0.5, 0.6) is 0 Å². The average Bonchev–Trinajstić information content (AvgIpc) is 3.34. The number of carbonyl (C=O) groups excluding carboxylic acids is 3. The van der Waals surface area contributed by atoms with Crippen LogP contribution in [0.1, 0.15) is 29.6 Å². The Morgan fingerprint density at radius 3 is 2.57 bits per heavy atom. The summed E-state index contributed by atoms with van der Waals surface area (Å²) in [5, 5.41) is 5.39. The molecule has 1 heterocycles. The number of likely N-dealkylation sites (tertiary alicyclic amines) is 1. The lowest BCUT2D eigenvalue weighted by Crippen LogP contribution is -2.39. The molecule has 0 bridgehead atoms. The minimum Gasteiger partial charge on any atom is -0.354 e. The van der Waals surface area contributed by atoms with Gasteiger partial charge in [-0.25, -0.2) is 0 Å². The predicted molar refractivity (Wildman–Crippen MR) is 84.6 cm³/mol. The van der Waals surface area contributed by atoms with Gasteiger partial charge >= 0.3 is 0 Å². The highest BCUT2D eigenvalue weighted by molar-refractivity contribution is 5.96. The molecule has 1 atom stereocenters. The molecule has 1 aliphatic carbocycles. The Hall–Kier alpha value is -2.37. The smallest absolute Gasteiger partial charge is 0.251 e. The minimum atomic E-state index is -0.267. The Kier molecular flexibility index (Phi) is 4.60. The zero-order chi connectivity index (χ0) is 16.2. The summed E-state index contributed by atoms with van der Waals surface area (Å²) in [6.45, 7) is 1.16. The highest BCUT2D eigenvalue weighted by Crippen LogP contribution is 2.32. The van der Waals surface area contributed by atoms with Crippen molar-refractivity contribution in [3.63, 3.8) is 0 Å². The van der Waals surface area contributed by atoms with E-state index in [9.17, 15) is 14.4 Å². The topological polar surface area (TPSA) is 78.5 Å². The maximum Gasteiger partial charge on any atom is 0.251 e. The van der Waals surface area contributed by atoms with Crippen LogP contribution in [0.15, 0.2) is 30.3 Å². The van der Waals surface area contributed by atoms with Crippen LogP contribution in [0, 0.1) is 5.92 Å². The number of benzene rings is 1. The third-order valence-corrected chi connectivity index (χ3v) is 4.26. The van der Waals surface area contributed by atoms with Crippen molar-refractivity contribution in [2.24, 2.45) is 5.92 Å². The largest absolute Gasteiger partial charge is 0.354 e. The van der Waals surface area contributed by atoms with Crippen LogP contribution in [0.3, 0.4) is 0 Å². The molecule has 1 aromatic rings. The molecule has 1 aromatic carbocycles. The van der Waals surface area contributed by atoms with Crippen LogP contribution in [0.4, 0.5) is 0 Å². The third-order valence-electron chi connectivity index (χ3n) is 4.26. The normalized spacial score (nSPS) is 20.4. The van der Waals surface area contributed by atoms with Gasteiger partial charge in [0.1, 0.15) is 0 Å². The van der Waals surface area contributed by atoms with Crippen LogP contribution >= 0.6 is 0 Å². The Labute approximate surface area is 135 Å². The number of rotatable bonds is 6. The first-order valence-corrected chi connectivity index (χ1v) is 8.03. The van der Waals surface area contributed by atoms with Crippen LogP contribution in [0.2, 0.25) is 0 Å². The van der Waals surface area contributed by atoms with E-state index in [1.807, 2.05) is 11.0 Å². The molecule has 1 saturated carbocycles. The third kappa shape index (κ3) is 4.09. The average molecular weight is 315 g/mol. The Morgan fingerprint density at radius 1 is 1.13 bits per heavy atom. The summed E-state index contributed by atoms with van der Waals surface area (Å²) in [4.78, 5) is 37.4. The highest BCUT2D eigenvalue weighted by atomic mass is 16.2. The molecule has 3 amide bonds. The first-order valence-electron chi connectivity index (χ1n) is 8.03. The van der Waals surface area contributed by atoms with Gasteiger partial charge in [0.2, 0.25) is 11.8 Å². The Bertz CT molecular complexity index is 598. The van der Waals surface area contributed by atoms with Crippen molar-refractivity contribution in [3.05, 3.63) is 35.9 Å². The summed E-state index contributed by atoms with van der Waals surface area (Å²) in [5.74, 6) is -0.121. The summed E-state index contributed by atoms with van der Waals surface area (Å²) in [6, 6.07) is 9.22. The fourth-order valence-corrected chi connectivity index (χ4v) is 2.86. The second-order valence-corrected chi connectivity index (χ2v) is 6.20. The molecule has 2 aliphatic rings. The molecule has 0 radical (unpaired) electrons. The van der Waals surface area contributed by atoms with Crippen molar-refractivity contribution < 1.29 is 14.4 Å². The van der Waals surface area contributed by atoms with E-state index in [4.69, 9.17) is 0 Å². The van der Waals surface area contributed by atoms with Gasteiger partial charge in [0.15, 0.2) is 0 Å². The molecule has 6 nitrogen and oxygen atoms in total.